The summed E-state index contributed by atoms with van der Waals surface area (Å²) in [5.74, 6) is -0.242. The molecule has 0 spiro atoms. The summed E-state index contributed by atoms with van der Waals surface area (Å²) in [6.07, 6.45) is 1.57. The van der Waals surface area contributed by atoms with Crippen LogP contribution >= 0.6 is 22.9 Å². The summed E-state index contributed by atoms with van der Waals surface area (Å²) in [6, 6.07) is 7.17. The number of nitrogens with zero attached hydrogens (tertiary/aromatic N) is 2. The summed E-state index contributed by atoms with van der Waals surface area (Å²) in [4.78, 5) is 16.6. The average Bonchev–Trinajstić information content (AvgIpc) is 2.71. The molecular formula is C13H12ClN3OS. The van der Waals surface area contributed by atoms with Crippen LogP contribution in [0.2, 0.25) is 5.02 Å². The van der Waals surface area contributed by atoms with E-state index in [1.807, 2.05) is 19.1 Å². The van der Waals surface area contributed by atoms with E-state index >= 15 is 0 Å². The lowest BCUT2D eigenvalue weighted by Crippen LogP contribution is -2.17. The highest BCUT2D eigenvalue weighted by atomic mass is 35.5. The second kappa shape index (κ2) is 5.95. The average molecular weight is 294 g/mol. The van der Waals surface area contributed by atoms with Crippen molar-refractivity contribution in [2.24, 2.45) is 5.10 Å². The molecule has 0 saturated carbocycles. The van der Waals surface area contributed by atoms with Crippen molar-refractivity contribution in [2.75, 3.05) is 0 Å². The van der Waals surface area contributed by atoms with Gasteiger partial charge in [0.1, 0.15) is 4.88 Å². The number of aryl methyl sites for hydroxylation is 2. The van der Waals surface area contributed by atoms with Crippen molar-refractivity contribution in [2.45, 2.75) is 13.8 Å². The van der Waals surface area contributed by atoms with Crippen LogP contribution in [0.15, 0.2) is 29.4 Å². The first-order valence-corrected chi connectivity index (χ1v) is 6.78. The monoisotopic (exact) mass is 293 g/mol. The minimum Gasteiger partial charge on any atom is -0.266 e. The van der Waals surface area contributed by atoms with Crippen LogP contribution in [0.3, 0.4) is 0 Å². The smallest absolute Gasteiger partial charge is 0.266 e. The van der Waals surface area contributed by atoms with Gasteiger partial charge in [-0.05, 0) is 31.5 Å². The fraction of sp³-hybridized carbons (Fsp3) is 0.154. The Morgan fingerprint density at radius 2 is 2.05 bits per heavy atom. The molecule has 6 heteroatoms. The number of halogens is 1. The molecule has 0 fully saturated rings. The van der Waals surface area contributed by atoms with Crippen LogP contribution < -0.4 is 5.43 Å². The van der Waals surface area contributed by atoms with Gasteiger partial charge in [-0.2, -0.15) is 5.10 Å². The Morgan fingerprint density at radius 3 is 2.63 bits per heavy atom. The molecule has 2 rings (SSSR count). The number of amides is 1. The van der Waals surface area contributed by atoms with Gasteiger partial charge in [0.25, 0.3) is 5.91 Å². The number of carbonyl (C=O) groups is 1. The van der Waals surface area contributed by atoms with Crippen LogP contribution in [0.4, 0.5) is 0 Å². The maximum atomic E-state index is 11.8. The van der Waals surface area contributed by atoms with Crippen molar-refractivity contribution in [3.05, 3.63) is 50.4 Å². The van der Waals surface area contributed by atoms with Crippen LogP contribution in [0, 0.1) is 13.8 Å². The number of rotatable bonds is 3. The molecule has 0 saturated heterocycles. The van der Waals surface area contributed by atoms with E-state index in [-0.39, 0.29) is 5.91 Å². The number of carbonyl (C=O) groups excluding carboxylic acids is 1. The first-order chi connectivity index (χ1) is 9.06. The molecule has 0 unspecified atom stereocenters. The number of thiazole rings is 1. The molecular weight excluding hydrogens is 282 g/mol. The molecule has 0 aliphatic carbocycles. The molecule has 98 valence electrons. The van der Waals surface area contributed by atoms with Crippen LogP contribution in [0.1, 0.15) is 25.9 Å². The molecule has 1 N–H and O–H groups in total. The van der Waals surface area contributed by atoms with E-state index < -0.39 is 0 Å². The molecule has 0 aliphatic rings. The standard InChI is InChI=1S/C13H12ClN3OS/c1-8-12(19-9(2)16-8)13(18)17-15-7-10-3-5-11(14)6-4-10/h3-7H,1-2H3,(H,17,18)/b15-7+. The lowest BCUT2D eigenvalue weighted by molar-refractivity contribution is 0.0958. The fourth-order valence-electron chi connectivity index (χ4n) is 1.51. The molecule has 0 aliphatic heterocycles. The summed E-state index contributed by atoms with van der Waals surface area (Å²) in [5, 5.41) is 5.44. The molecule has 1 aromatic carbocycles. The van der Waals surface area contributed by atoms with Gasteiger partial charge < -0.3 is 0 Å². The Hall–Kier alpha value is -1.72. The summed E-state index contributed by atoms with van der Waals surface area (Å²) in [5.41, 5.74) is 4.07. The minimum atomic E-state index is -0.242. The van der Waals surface area contributed by atoms with Gasteiger partial charge in [-0.15, -0.1) is 11.3 Å². The predicted molar refractivity (Wildman–Crippen MR) is 78.1 cm³/mol. The van der Waals surface area contributed by atoms with Crippen LogP contribution in [-0.2, 0) is 0 Å². The molecule has 0 bridgehead atoms. The number of aromatic nitrogens is 1. The van der Waals surface area contributed by atoms with Crippen molar-refractivity contribution in [3.8, 4) is 0 Å². The summed E-state index contributed by atoms with van der Waals surface area (Å²) in [7, 11) is 0. The van der Waals surface area contributed by atoms with Crippen LogP contribution in [-0.4, -0.2) is 17.1 Å². The third kappa shape index (κ3) is 3.62. The maximum Gasteiger partial charge on any atom is 0.283 e. The summed E-state index contributed by atoms with van der Waals surface area (Å²) in [6.45, 7) is 3.67. The van der Waals surface area contributed by atoms with Crippen LogP contribution in [0.25, 0.3) is 0 Å². The van der Waals surface area contributed by atoms with E-state index in [1.54, 1.807) is 25.3 Å². The van der Waals surface area contributed by atoms with E-state index in [0.717, 1.165) is 16.3 Å². The second-order valence-corrected chi connectivity index (χ2v) is 5.54. The highest BCUT2D eigenvalue weighted by Crippen LogP contribution is 2.16. The highest BCUT2D eigenvalue weighted by molar-refractivity contribution is 7.13. The quantitative estimate of drug-likeness (QED) is 0.698. The van der Waals surface area contributed by atoms with Crippen molar-refractivity contribution >= 4 is 35.1 Å². The molecule has 1 amide bonds. The molecule has 0 radical (unpaired) electrons. The summed E-state index contributed by atoms with van der Waals surface area (Å²) >= 11 is 7.13. The predicted octanol–water partition coefficient (Wildman–Crippen LogP) is 3.18. The Labute approximate surface area is 120 Å². The first-order valence-electron chi connectivity index (χ1n) is 5.59. The van der Waals surface area contributed by atoms with Gasteiger partial charge in [0.05, 0.1) is 16.9 Å². The zero-order chi connectivity index (χ0) is 13.8. The maximum absolute atomic E-state index is 11.8. The third-order valence-electron chi connectivity index (χ3n) is 2.36. The lowest BCUT2D eigenvalue weighted by atomic mass is 10.2. The van der Waals surface area contributed by atoms with Gasteiger partial charge in [0.15, 0.2) is 0 Å². The van der Waals surface area contributed by atoms with Crippen molar-refractivity contribution in [1.82, 2.24) is 10.4 Å². The van der Waals surface area contributed by atoms with Gasteiger partial charge in [0, 0.05) is 5.02 Å². The fourth-order valence-corrected chi connectivity index (χ4v) is 2.44. The van der Waals surface area contributed by atoms with Gasteiger partial charge in [-0.1, -0.05) is 23.7 Å². The zero-order valence-electron chi connectivity index (χ0n) is 10.5. The zero-order valence-corrected chi connectivity index (χ0v) is 12.0. The molecule has 0 atom stereocenters. The molecule has 19 heavy (non-hydrogen) atoms. The van der Waals surface area contributed by atoms with E-state index in [9.17, 15) is 4.79 Å². The summed E-state index contributed by atoms with van der Waals surface area (Å²) < 4.78 is 0. The number of hydrazone groups is 1. The highest BCUT2D eigenvalue weighted by Gasteiger charge is 2.12. The molecule has 2 aromatic rings. The van der Waals surface area contributed by atoms with Crippen molar-refractivity contribution < 1.29 is 4.79 Å². The van der Waals surface area contributed by atoms with E-state index in [2.05, 4.69) is 15.5 Å². The molecule has 1 aromatic heterocycles. The second-order valence-electron chi connectivity index (χ2n) is 3.90. The largest absolute Gasteiger partial charge is 0.283 e. The molecule has 1 heterocycles. The van der Waals surface area contributed by atoms with E-state index in [0.29, 0.717) is 9.90 Å². The van der Waals surface area contributed by atoms with E-state index in [1.165, 1.54) is 11.3 Å². The van der Waals surface area contributed by atoms with E-state index in [4.69, 9.17) is 11.6 Å². The third-order valence-corrected chi connectivity index (χ3v) is 3.68. The van der Waals surface area contributed by atoms with Gasteiger partial charge in [0.2, 0.25) is 0 Å². The van der Waals surface area contributed by atoms with Crippen molar-refractivity contribution in [3.63, 3.8) is 0 Å². The Bertz CT molecular complexity index is 619. The molecule has 4 nitrogen and oxygen atoms in total. The first kappa shape index (κ1) is 13.7. The SMILES string of the molecule is Cc1nc(C)c(C(=O)N/N=C/c2ccc(Cl)cc2)s1. The van der Waals surface area contributed by atoms with Gasteiger partial charge in [-0.25, -0.2) is 10.4 Å². The van der Waals surface area contributed by atoms with Crippen LogP contribution in [0.5, 0.6) is 0 Å². The normalized spacial score (nSPS) is 10.9. The number of benzene rings is 1. The number of nitrogens with one attached hydrogen (secondary N) is 1. The van der Waals surface area contributed by atoms with Gasteiger partial charge in [-0.3, -0.25) is 4.79 Å². The van der Waals surface area contributed by atoms with Gasteiger partial charge >= 0.3 is 0 Å². The van der Waals surface area contributed by atoms with Crippen molar-refractivity contribution in [1.29, 1.82) is 0 Å². The Kier molecular flexibility index (Phi) is 4.29. The number of hydrogen-bond donors (Lipinski definition) is 1. The Balaban J connectivity index is 2.00. The minimum absolute atomic E-state index is 0.242. The number of hydrogen-bond acceptors (Lipinski definition) is 4. The Morgan fingerprint density at radius 1 is 1.37 bits per heavy atom. The topological polar surface area (TPSA) is 54.4 Å². The lowest BCUT2D eigenvalue weighted by Gasteiger charge is -1.97.